The van der Waals surface area contributed by atoms with E-state index >= 15 is 0 Å². The molecule has 0 radical (unpaired) electrons. The van der Waals surface area contributed by atoms with E-state index in [4.69, 9.17) is 0 Å². The maximum absolute atomic E-state index is 2.24. The molecule has 0 saturated carbocycles. The van der Waals surface area contributed by atoms with E-state index < -0.39 is 0 Å². The lowest BCUT2D eigenvalue weighted by Gasteiger charge is -1.70. The SMILES string of the molecule is CC[C@@H]1CS1. The summed E-state index contributed by atoms with van der Waals surface area (Å²) in [5.41, 5.74) is 0. The highest BCUT2D eigenvalue weighted by Crippen LogP contribution is 2.32. The lowest BCUT2D eigenvalue weighted by molar-refractivity contribution is 0.981. The number of rotatable bonds is 1. The first kappa shape index (κ1) is 3.54. The monoisotopic (exact) mass is 88.0 g/mol. The van der Waals surface area contributed by atoms with Crippen molar-refractivity contribution in [2.24, 2.45) is 0 Å². The van der Waals surface area contributed by atoms with E-state index in [0.29, 0.717) is 0 Å². The minimum atomic E-state index is 1.05. The second-order valence-corrected chi connectivity index (χ2v) is 2.70. The molecule has 1 heterocycles. The van der Waals surface area contributed by atoms with E-state index in [-0.39, 0.29) is 0 Å². The molecule has 1 rings (SSSR count). The molecule has 0 aliphatic carbocycles. The van der Waals surface area contributed by atoms with Crippen molar-refractivity contribution in [2.75, 3.05) is 5.75 Å². The first-order chi connectivity index (χ1) is 2.43. The van der Waals surface area contributed by atoms with Crippen molar-refractivity contribution in [1.29, 1.82) is 0 Å². The Hall–Kier alpha value is 0.350. The Bertz CT molecular complexity index is 30.6. The maximum Gasteiger partial charge on any atom is 0.0136 e. The molecule has 0 N–H and O–H groups in total. The minimum absolute atomic E-state index is 1.05. The van der Waals surface area contributed by atoms with Gasteiger partial charge in [0.15, 0.2) is 0 Å². The summed E-state index contributed by atoms with van der Waals surface area (Å²) in [6.07, 6.45) is 1.38. The van der Waals surface area contributed by atoms with Crippen molar-refractivity contribution in [3.63, 3.8) is 0 Å². The topological polar surface area (TPSA) is 0 Å². The zero-order valence-electron chi connectivity index (χ0n) is 3.40. The van der Waals surface area contributed by atoms with E-state index in [1.54, 1.807) is 0 Å². The van der Waals surface area contributed by atoms with Crippen LogP contribution in [0.1, 0.15) is 13.3 Å². The second kappa shape index (κ2) is 1.21. The molecule has 1 aliphatic heterocycles. The van der Waals surface area contributed by atoms with Crippen LogP contribution in [-0.4, -0.2) is 11.0 Å². The van der Waals surface area contributed by atoms with Gasteiger partial charge in [-0.25, -0.2) is 0 Å². The van der Waals surface area contributed by atoms with E-state index in [9.17, 15) is 0 Å². The fourth-order valence-corrected chi connectivity index (χ4v) is 0.911. The molecule has 0 bridgehead atoms. The van der Waals surface area contributed by atoms with Crippen LogP contribution in [0.5, 0.6) is 0 Å². The van der Waals surface area contributed by atoms with Crippen LogP contribution < -0.4 is 0 Å². The summed E-state index contributed by atoms with van der Waals surface area (Å²) >= 11 is 2.07. The van der Waals surface area contributed by atoms with Gasteiger partial charge in [-0.15, -0.1) is 0 Å². The molecule has 1 heteroatoms. The highest BCUT2D eigenvalue weighted by Gasteiger charge is 2.18. The van der Waals surface area contributed by atoms with Gasteiger partial charge in [0, 0.05) is 11.0 Å². The van der Waals surface area contributed by atoms with Gasteiger partial charge in [-0.2, -0.15) is 11.8 Å². The van der Waals surface area contributed by atoms with Crippen molar-refractivity contribution in [2.45, 2.75) is 18.6 Å². The molecule has 0 spiro atoms. The standard InChI is InChI=1S/C4H8S/c1-2-4-3-5-4/h4H,2-3H2,1H3/t4-/m1/s1. The molecule has 1 aliphatic rings. The van der Waals surface area contributed by atoms with Crippen LogP contribution in [0, 0.1) is 0 Å². The van der Waals surface area contributed by atoms with Crippen LogP contribution in [0.3, 0.4) is 0 Å². The first-order valence-electron chi connectivity index (χ1n) is 2.05. The average Bonchev–Trinajstić information content (AvgIpc) is 2.12. The van der Waals surface area contributed by atoms with Crippen LogP contribution >= 0.6 is 11.8 Å². The second-order valence-electron chi connectivity index (χ2n) is 1.36. The highest BCUT2D eigenvalue weighted by molar-refractivity contribution is 8.06. The van der Waals surface area contributed by atoms with Gasteiger partial charge in [0.1, 0.15) is 0 Å². The number of thioether (sulfide) groups is 1. The van der Waals surface area contributed by atoms with Crippen molar-refractivity contribution in [3.8, 4) is 0 Å². The minimum Gasteiger partial charge on any atom is -0.157 e. The Labute approximate surface area is 37.0 Å². The molecule has 0 unspecified atom stereocenters. The van der Waals surface area contributed by atoms with Crippen molar-refractivity contribution in [1.82, 2.24) is 0 Å². The summed E-state index contributed by atoms with van der Waals surface area (Å²) in [4.78, 5) is 0. The molecule has 30 valence electrons. The molecule has 0 aromatic carbocycles. The third kappa shape index (κ3) is 0.839. The number of hydrogen-bond donors (Lipinski definition) is 0. The van der Waals surface area contributed by atoms with Gasteiger partial charge in [-0.3, -0.25) is 0 Å². The van der Waals surface area contributed by atoms with E-state index in [0.717, 1.165) is 5.25 Å². The first-order valence-corrected chi connectivity index (χ1v) is 3.10. The maximum atomic E-state index is 2.24. The van der Waals surface area contributed by atoms with Gasteiger partial charge in [-0.1, -0.05) is 6.92 Å². The Morgan fingerprint density at radius 1 is 2.00 bits per heavy atom. The average molecular weight is 88.2 g/mol. The molecule has 0 amide bonds. The fourth-order valence-electron chi connectivity index (χ4n) is 0.304. The molecule has 1 atom stereocenters. The Morgan fingerprint density at radius 3 is 2.60 bits per heavy atom. The molecule has 1 saturated heterocycles. The van der Waals surface area contributed by atoms with Gasteiger partial charge >= 0.3 is 0 Å². The van der Waals surface area contributed by atoms with Crippen LogP contribution in [0.4, 0.5) is 0 Å². The highest BCUT2D eigenvalue weighted by atomic mass is 32.2. The predicted octanol–water partition coefficient (Wildman–Crippen LogP) is 1.51. The van der Waals surface area contributed by atoms with E-state index in [1.807, 2.05) is 0 Å². The fraction of sp³-hybridized carbons (Fsp3) is 1.00. The molecule has 0 nitrogen and oxygen atoms in total. The number of hydrogen-bond acceptors (Lipinski definition) is 1. The largest absolute Gasteiger partial charge is 0.157 e. The summed E-state index contributed by atoms with van der Waals surface area (Å²) in [6.45, 7) is 2.24. The van der Waals surface area contributed by atoms with Crippen LogP contribution in [0.25, 0.3) is 0 Å². The third-order valence-electron chi connectivity index (χ3n) is 0.858. The summed E-state index contributed by atoms with van der Waals surface area (Å²) < 4.78 is 0. The van der Waals surface area contributed by atoms with Crippen molar-refractivity contribution in [3.05, 3.63) is 0 Å². The van der Waals surface area contributed by atoms with E-state index in [1.165, 1.54) is 12.2 Å². The molecule has 0 aromatic rings. The molecular weight excluding hydrogens is 80.1 g/mol. The van der Waals surface area contributed by atoms with Crippen molar-refractivity contribution < 1.29 is 0 Å². The molecule has 1 fully saturated rings. The van der Waals surface area contributed by atoms with Crippen LogP contribution in [-0.2, 0) is 0 Å². The smallest absolute Gasteiger partial charge is 0.0136 e. The summed E-state index contributed by atoms with van der Waals surface area (Å²) in [6, 6.07) is 0. The zero-order chi connectivity index (χ0) is 3.70. The normalized spacial score (nSPS) is 34.2. The summed E-state index contributed by atoms with van der Waals surface area (Å²) in [5, 5.41) is 1.05. The quantitative estimate of drug-likeness (QED) is 0.438. The van der Waals surface area contributed by atoms with Crippen LogP contribution in [0.15, 0.2) is 0 Å². The van der Waals surface area contributed by atoms with Crippen LogP contribution in [0.2, 0.25) is 0 Å². The van der Waals surface area contributed by atoms with Gasteiger partial charge in [0.2, 0.25) is 0 Å². The lowest BCUT2D eigenvalue weighted by Crippen LogP contribution is -1.70. The Morgan fingerprint density at radius 2 is 2.60 bits per heavy atom. The zero-order valence-corrected chi connectivity index (χ0v) is 4.22. The summed E-state index contributed by atoms with van der Waals surface area (Å²) in [7, 11) is 0. The van der Waals surface area contributed by atoms with Gasteiger partial charge < -0.3 is 0 Å². The van der Waals surface area contributed by atoms with Crippen molar-refractivity contribution >= 4 is 11.8 Å². The van der Waals surface area contributed by atoms with E-state index in [2.05, 4.69) is 18.7 Å². The van der Waals surface area contributed by atoms with Gasteiger partial charge in [-0.05, 0) is 6.42 Å². The molecule has 0 aromatic heterocycles. The van der Waals surface area contributed by atoms with Gasteiger partial charge in [0.25, 0.3) is 0 Å². The Balaban J connectivity index is 2.00. The molecule has 5 heavy (non-hydrogen) atoms. The van der Waals surface area contributed by atoms with Gasteiger partial charge in [0.05, 0.1) is 0 Å². The lowest BCUT2D eigenvalue weighted by atomic mass is 10.4. The molecular formula is C4H8S. The Kier molecular flexibility index (Phi) is 0.856. The summed E-state index contributed by atoms with van der Waals surface area (Å²) in [5.74, 6) is 1.43. The third-order valence-corrected chi connectivity index (χ3v) is 2.00. The predicted molar refractivity (Wildman–Crippen MR) is 26.5 cm³/mol.